The summed E-state index contributed by atoms with van der Waals surface area (Å²) >= 11 is 8.58. The second kappa shape index (κ2) is 9.23. The summed E-state index contributed by atoms with van der Waals surface area (Å²) in [6.07, 6.45) is -3.93. The molecule has 3 heterocycles. The van der Waals surface area contributed by atoms with Gasteiger partial charge in [-0.05, 0) is 72.3 Å². The Morgan fingerprint density at radius 3 is 2.34 bits per heavy atom. The summed E-state index contributed by atoms with van der Waals surface area (Å²) in [4.78, 5) is 32.9. The van der Waals surface area contributed by atoms with Gasteiger partial charge in [-0.2, -0.15) is 13.2 Å². The van der Waals surface area contributed by atoms with Crippen molar-refractivity contribution in [2.24, 2.45) is 29.6 Å². The molecule has 2 saturated carbocycles. The lowest BCUT2D eigenvalue weighted by Gasteiger charge is -2.43. The van der Waals surface area contributed by atoms with Crippen LogP contribution in [0.1, 0.15) is 28.3 Å². The van der Waals surface area contributed by atoms with Gasteiger partial charge in [0.05, 0.1) is 42.3 Å². The summed E-state index contributed by atoms with van der Waals surface area (Å²) in [7, 11) is 2.91. The predicted octanol–water partition coefficient (Wildman–Crippen LogP) is 6.23. The lowest BCUT2D eigenvalue weighted by atomic mass is 9.68. The van der Waals surface area contributed by atoms with Gasteiger partial charge < -0.3 is 19.6 Å². The van der Waals surface area contributed by atoms with Crippen molar-refractivity contribution in [2.75, 3.05) is 19.1 Å². The van der Waals surface area contributed by atoms with Gasteiger partial charge in [0.15, 0.2) is 15.5 Å². The number of nitrogens with one attached hydrogen (secondary N) is 1. The molecule has 2 amide bonds. The van der Waals surface area contributed by atoms with E-state index in [4.69, 9.17) is 21.7 Å². The van der Waals surface area contributed by atoms with Gasteiger partial charge in [0, 0.05) is 16.0 Å². The lowest BCUT2D eigenvalue weighted by molar-refractivity contribution is -0.137. The van der Waals surface area contributed by atoms with Gasteiger partial charge >= 0.3 is 6.18 Å². The quantitative estimate of drug-likeness (QED) is 0.264. The number of aromatic hydroxyl groups is 1. The zero-order valence-electron chi connectivity index (χ0n) is 21.6. The van der Waals surface area contributed by atoms with Crippen molar-refractivity contribution < 1.29 is 37.3 Å². The third-order valence-corrected chi connectivity index (χ3v) is 12.0. The maximum atomic E-state index is 13.9. The van der Waals surface area contributed by atoms with Gasteiger partial charge in [-0.25, -0.2) is 0 Å². The molecule has 0 radical (unpaired) electrons. The maximum absolute atomic E-state index is 13.9. The minimum Gasteiger partial charge on any atom is -0.502 e. The fraction of sp³-hybridized carbons (Fsp3) is 0.393. The number of thioether (sulfide) groups is 1. The van der Waals surface area contributed by atoms with E-state index in [9.17, 15) is 27.9 Å². The highest BCUT2D eigenvalue weighted by Gasteiger charge is 2.69. The molecule has 1 aromatic heterocycles. The van der Waals surface area contributed by atoms with E-state index in [0.29, 0.717) is 10.4 Å². The number of ether oxygens (including phenoxy) is 2. The van der Waals surface area contributed by atoms with E-state index in [1.165, 1.54) is 37.7 Å². The number of amides is 2. The molecule has 7 nitrogen and oxygen atoms in total. The second-order valence-electron chi connectivity index (χ2n) is 10.8. The highest BCUT2D eigenvalue weighted by molar-refractivity contribution is 8.00. The van der Waals surface area contributed by atoms with Crippen LogP contribution in [0.5, 0.6) is 17.2 Å². The predicted molar refractivity (Wildman–Crippen MR) is 148 cm³/mol. The molecule has 4 aliphatic rings. The molecule has 0 spiro atoms. The number of hydrogen-bond acceptors (Lipinski definition) is 8. The number of benzene rings is 2. The Morgan fingerprint density at radius 1 is 1.05 bits per heavy atom. The van der Waals surface area contributed by atoms with Gasteiger partial charge in [-0.15, -0.1) is 23.1 Å². The molecule has 214 valence electrons. The van der Waals surface area contributed by atoms with Crippen LogP contribution in [0.25, 0.3) is 0 Å². The number of H-pyrrole nitrogens is 1. The zero-order valence-corrected chi connectivity index (χ0v) is 24.0. The molecule has 3 aromatic rings. The molecule has 1 saturated heterocycles. The van der Waals surface area contributed by atoms with Gasteiger partial charge in [-0.3, -0.25) is 14.5 Å². The van der Waals surface area contributed by atoms with E-state index in [1.807, 2.05) is 0 Å². The summed E-state index contributed by atoms with van der Waals surface area (Å²) in [6, 6.07) is 7.93. The standard InChI is InChI=1S/C28H23F3N2O5S3/c1-37-15-6-10(7-16(38-2)21(15)34)17-18-13-9-14(22(18)40-24-23(17)41-27(39)32-24)20-19(13)25(35)33(26(20)36)12-5-3-4-11(8-12)28(29,30)31/h3-8,13-14,17-20,22,34H,9H2,1-2H3,(H,32,39). The largest absolute Gasteiger partial charge is 0.502 e. The van der Waals surface area contributed by atoms with E-state index < -0.39 is 35.4 Å². The third kappa shape index (κ3) is 3.81. The van der Waals surface area contributed by atoms with Crippen molar-refractivity contribution in [1.29, 1.82) is 0 Å². The Kier molecular flexibility index (Phi) is 6.05. The van der Waals surface area contributed by atoms with Crippen LogP contribution in [0.3, 0.4) is 0 Å². The first-order valence-electron chi connectivity index (χ1n) is 12.9. The number of imide groups is 1. The smallest absolute Gasteiger partial charge is 0.416 e. The fourth-order valence-corrected chi connectivity index (χ4v) is 10.9. The number of aromatic amines is 1. The Balaban J connectivity index is 1.32. The van der Waals surface area contributed by atoms with Crippen molar-refractivity contribution >= 4 is 52.8 Å². The Morgan fingerprint density at radius 2 is 1.71 bits per heavy atom. The average molecular weight is 621 g/mol. The number of fused-ring (bicyclic) bond motifs is 9. The van der Waals surface area contributed by atoms with E-state index in [1.54, 1.807) is 23.9 Å². The molecular weight excluding hydrogens is 598 g/mol. The Labute approximate surface area is 245 Å². The van der Waals surface area contributed by atoms with Crippen LogP contribution in [-0.2, 0) is 15.8 Å². The highest BCUT2D eigenvalue weighted by atomic mass is 32.2. The number of thiazole rings is 1. The SMILES string of the molecule is COc1cc(C2c3sc(=S)[nH]c3SC3C4CC(C5C(=O)N(c6cccc(C(F)(F)F)c6)C(=O)C45)C23)cc(OC)c1O. The van der Waals surface area contributed by atoms with Crippen LogP contribution in [0.4, 0.5) is 18.9 Å². The molecule has 3 fully saturated rings. The summed E-state index contributed by atoms with van der Waals surface area (Å²) in [6.45, 7) is 0. The van der Waals surface area contributed by atoms with Gasteiger partial charge in [-0.1, -0.05) is 6.07 Å². The van der Waals surface area contributed by atoms with Crippen molar-refractivity contribution in [3.63, 3.8) is 0 Å². The first-order chi connectivity index (χ1) is 19.5. The van der Waals surface area contributed by atoms with Crippen molar-refractivity contribution in [3.8, 4) is 17.2 Å². The zero-order chi connectivity index (χ0) is 29.0. The molecule has 7 unspecified atom stereocenters. The number of carbonyl (C=O) groups excluding carboxylic acids is 2. The minimum atomic E-state index is -4.60. The molecule has 2 aromatic carbocycles. The lowest BCUT2D eigenvalue weighted by Crippen LogP contribution is -2.42. The van der Waals surface area contributed by atoms with Gasteiger partial charge in [0.1, 0.15) is 0 Å². The van der Waals surface area contributed by atoms with Crippen LogP contribution < -0.4 is 14.4 Å². The summed E-state index contributed by atoms with van der Waals surface area (Å²) in [5.74, 6) is -2.30. The number of hydrogen-bond donors (Lipinski definition) is 2. The van der Waals surface area contributed by atoms with E-state index >= 15 is 0 Å². The molecule has 2 aliphatic carbocycles. The van der Waals surface area contributed by atoms with Crippen LogP contribution >= 0.6 is 35.3 Å². The first kappa shape index (κ1) is 26.8. The number of carbonyl (C=O) groups is 2. The van der Waals surface area contributed by atoms with Crippen molar-refractivity contribution in [2.45, 2.75) is 28.8 Å². The van der Waals surface area contributed by atoms with E-state index in [2.05, 4.69) is 4.98 Å². The summed E-state index contributed by atoms with van der Waals surface area (Å²) in [5.41, 5.74) is -0.129. The third-order valence-electron chi connectivity index (χ3n) is 9.02. The number of anilines is 1. The molecule has 2 bridgehead atoms. The van der Waals surface area contributed by atoms with Gasteiger partial charge in [0.2, 0.25) is 17.6 Å². The van der Waals surface area contributed by atoms with Crippen LogP contribution in [-0.4, -0.2) is 41.4 Å². The number of nitrogens with zero attached hydrogens (tertiary/aromatic N) is 1. The van der Waals surface area contributed by atoms with Crippen LogP contribution in [0, 0.1) is 33.5 Å². The fourth-order valence-electron chi connectivity index (χ4n) is 7.56. The summed E-state index contributed by atoms with van der Waals surface area (Å²) < 4.78 is 51.8. The molecule has 41 heavy (non-hydrogen) atoms. The van der Waals surface area contributed by atoms with Crippen LogP contribution in [0.2, 0.25) is 0 Å². The molecular formula is C28H23F3N2O5S3. The highest BCUT2D eigenvalue weighted by Crippen LogP contribution is 2.69. The van der Waals surface area contributed by atoms with Crippen molar-refractivity contribution in [1.82, 2.24) is 4.98 Å². The van der Waals surface area contributed by atoms with E-state index in [0.717, 1.165) is 32.5 Å². The number of alkyl halides is 3. The first-order valence-corrected chi connectivity index (χ1v) is 15.0. The van der Waals surface area contributed by atoms with Gasteiger partial charge in [0.25, 0.3) is 0 Å². The van der Waals surface area contributed by atoms with Crippen LogP contribution in [0.15, 0.2) is 41.4 Å². The maximum Gasteiger partial charge on any atom is 0.416 e. The number of rotatable bonds is 4. The molecule has 13 heteroatoms. The molecule has 2 N–H and O–H groups in total. The number of phenolic OH excluding ortho intramolecular Hbond substituents is 1. The molecule has 7 atom stereocenters. The van der Waals surface area contributed by atoms with E-state index in [-0.39, 0.29) is 51.9 Å². The number of halogens is 3. The Bertz CT molecular complexity index is 1640. The molecule has 7 rings (SSSR count). The van der Waals surface area contributed by atoms with Crippen molar-refractivity contribution in [3.05, 3.63) is 56.4 Å². The number of aromatic nitrogens is 1. The average Bonchev–Trinajstić information content (AvgIpc) is 3.67. The number of phenols is 1. The summed E-state index contributed by atoms with van der Waals surface area (Å²) in [5, 5.41) is 11.5. The normalized spacial score (nSPS) is 29.9. The topological polar surface area (TPSA) is 91.9 Å². The molecule has 2 aliphatic heterocycles. The monoisotopic (exact) mass is 620 g/mol. The minimum absolute atomic E-state index is 0.0250. The number of methoxy groups -OCH3 is 2. The second-order valence-corrected chi connectivity index (χ2v) is 13.7. The Hall–Kier alpha value is -3.03.